The second-order valence-corrected chi connectivity index (χ2v) is 11.4. The van der Waals surface area contributed by atoms with Crippen LogP contribution in [0.15, 0.2) is 48.7 Å². The summed E-state index contributed by atoms with van der Waals surface area (Å²) in [6.45, 7) is 6.98. The van der Waals surface area contributed by atoms with Crippen LogP contribution in [-0.2, 0) is 28.8 Å². The number of hydrogen-bond donors (Lipinski definition) is 6. The molecule has 6 N–H and O–H groups in total. The standard InChI is InChI=1S/C16H17N3O4.C7H12N2O4.C6H6FN.C6H10N2.C2H4O2/c20-8-7-19-16(22)13-4-6-18-15-3-2-12(10-14(13)15)23-9-1-5-17-11-21;1-2-8-7(13)5(9-4-10)3-6(11)12;1-5-3-2-4-6(7)8-5;1-8-4-2-3-6(8)5-7;1-2(3)4/h2-4,6,8,10-11H,1,5,7,9H2,(H,17,21)(H,19,22);4-5H,2-3H2,1H3,(H,8,13)(H,9,10)(H,11,12);2-4H,1H3;6H,2-4H2,1H3;1H3,(H,3,4). The van der Waals surface area contributed by atoms with E-state index in [1.807, 2.05) is 7.05 Å². The number of aliphatic carboxylic acids is 2. The summed E-state index contributed by atoms with van der Waals surface area (Å²) >= 11 is 0. The number of nitrogens with zero attached hydrogens (tertiary/aromatic N) is 4. The number of fused-ring (bicyclic) bond motifs is 1. The molecule has 56 heavy (non-hydrogen) atoms. The van der Waals surface area contributed by atoms with Crippen LogP contribution in [0.2, 0.25) is 0 Å². The number of aryl methyl sites for hydroxylation is 1. The Morgan fingerprint density at radius 3 is 2.32 bits per heavy atom. The third-order valence-corrected chi connectivity index (χ3v) is 6.96. The van der Waals surface area contributed by atoms with Gasteiger partial charge in [-0.05, 0) is 83.1 Å². The van der Waals surface area contributed by atoms with Crippen molar-refractivity contribution in [3.8, 4) is 11.8 Å². The number of hydrogen-bond acceptors (Lipinski definition) is 12. The first kappa shape index (κ1) is 49.5. The molecule has 2 aromatic heterocycles. The Kier molecular flexibility index (Phi) is 26.4. The van der Waals surface area contributed by atoms with Gasteiger partial charge in [0.2, 0.25) is 24.7 Å². The Bertz CT molecular complexity index is 1720. The predicted octanol–water partition coefficient (Wildman–Crippen LogP) is 1.61. The molecule has 0 bridgehead atoms. The smallest absolute Gasteiger partial charge is 0.305 e. The van der Waals surface area contributed by atoms with E-state index in [2.05, 4.69) is 42.2 Å². The Morgan fingerprint density at radius 1 is 1.11 bits per heavy atom. The molecular weight excluding hydrogens is 735 g/mol. The van der Waals surface area contributed by atoms with Crippen molar-refractivity contribution in [1.29, 1.82) is 5.26 Å². The van der Waals surface area contributed by atoms with Crippen LogP contribution in [0.4, 0.5) is 4.39 Å². The summed E-state index contributed by atoms with van der Waals surface area (Å²) in [6, 6.07) is 13.0. The number of halogens is 1. The lowest BCUT2D eigenvalue weighted by molar-refractivity contribution is -0.140. The van der Waals surface area contributed by atoms with Crippen molar-refractivity contribution in [2.75, 3.05) is 39.8 Å². The van der Waals surface area contributed by atoms with Crippen molar-refractivity contribution >= 4 is 53.8 Å². The molecule has 0 spiro atoms. The lowest BCUT2D eigenvalue weighted by atomic mass is 10.1. The summed E-state index contributed by atoms with van der Waals surface area (Å²) in [6.07, 6.45) is 5.64. The fraction of sp³-hybridized carbons (Fsp3) is 0.405. The fourth-order valence-electron chi connectivity index (χ4n) is 4.43. The predicted molar refractivity (Wildman–Crippen MR) is 202 cm³/mol. The molecule has 4 amide bonds. The molecule has 1 fully saturated rings. The molecule has 0 aliphatic carbocycles. The van der Waals surface area contributed by atoms with Gasteiger partial charge in [0.05, 0.1) is 42.8 Å². The number of likely N-dealkylation sites (N-methyl/N-ethyl adjacent to an activating group) is 1. The number of carboxylic acid groups (broad SMARTS) is 2. The first-order valence-corrected chi connectivity index (χ1v) is 17.2. The van der Waals surface area contributed by atoms with Gasteiger partial charge in [0.15, 0.2) is 0 Å². The van der Waals surface area contributed by atoms with Gasteiger partial charge in [-0.2, -0.15) is 9.65 Å². The average Bonchev–Trinajstić information content (AvgIpc) is 3.58. The molecule has 1 aromatic carbocycles. The maximum absolute atomic E-state index is 12.1. The molecule has 1 aliphatic rings. The second kappa shape index (κ2) is 29.9. The quantitative estimate of drug-likeness (QED) is 0.0727. The van der Waals surface area contributed by atoms with Crippen molar-refractivity contribution in [2.45, 2.75) is 58.5 Å². The molecule has 19 heteroatoms. The third kappa shape index (κ3) is 22.5. The minimum atomic E-state index is -1.13. The largest absolute Gasteiger partial charge is 0.494 e. The van der Waals surface area contributed by atoms with Crippen molar-refractivity contribution in [2.24, 2.45) is 0 Å². The van der Waals surface area contributed by atoms with E-state index in [0.717, 1.165) is 19.9 Å². The molecule has 0 saturated carbocycles. The zero-order valence-electron chi connectivity index (χ0n) is 31.7. The van der Waals surface area contributed by atoms with Gasteiger partial charge in [-0.3, -0.25) is 38.7 Å². The topological polar surface area (TPSA) is 270 Å². The molecule has 3 aromatic rings. The number of aldehydes is 1. The molecule has 1 aliphatic heterocycles. The van der Waals surface area contributed by atoms with E-state index in [1.54, 1.807) is 56.4 Å². The highest BCUT2D eigenvalue weighted by Crippen LogP contribution is 2.23. The monoisotopic (exact) mass is 784 g/mol. The van der Waals surface area contributed by atoms with Crippen LogP contribution >= 0.6 is 0 Å². The van der Waals surface area contributed by atoms with Crippen LogP contribution in [0.3, 0.4) is 0 Å². The number of carboxylic acids is 2. The zero-order valence-corrected chi connectivity index (χ0v) is 31.7. The molecule has 1 saturated heterocycles. The fourth-order valence-corrected chi connectivity index (χ4v) is 4.43. The highest BCUT2D eigenvalue weighted by atomic mass is 19.1. The molecule has 18 nitrogen and oxygen atoms in total. The minimum Gasteiger partial charge on any atom is -0.494 e. The molecule has 304 valence electrons. The van der Waals surface area contributed by atoms with E-state index in [-0.39, 0.29) is 18.5 Å². The van der Waals surface area contributed by atoms with Crippen LogP contribution in [-0.4, -0.2) is 120 Å². The van der Waals surface area contributed by atoms with Crippen molar-refractivity contribution in [1.82, 2.24) is 36.1 Å². The number of aromatic nitrogens is 2. The summed E-state index contributed by atoms with van der Waals surface area (Å²) in [5, 5.41) is 34.5. The molecule has 0 radical (unpaired) electrons. The van der Waals surface area contributed by atoms with Gasteiger partial charge in [0, 0.05) is 37.3 Å². The number of pyridine rings is 2. The number of likely N-dealkylation sites (tertiary alicyclic amines) is 1. The van der Waals surface area contributed by atoms with E-state index < -0.39 is 36.3 Å². The van der Waals surface area contributed by atoms with Gasteiger partial charge in [-0.25, -0.2) is 4.98 Å². The van der Waals surface area contributed by atoms with Gasteiger partial charge in [-0.15, -0.1) is 0 Å². The third-order valence-electron chi connectivity index (χ3n) is 6.96. The van der Waals surface area contributed by atoms with E-state index >= 15 is 0 Å². The molecule has 4 rings (SSSR count). The molecule has 2 atom stereocenters. The maximum atomic E-state index is 12.1. The number of carbonyl (C=O) groups is 7. The lowest BCUT2D eigenvalue weighted by Crippen LogP contribution is -2.44. The minimum absolute atomic E-state index is 0.0391. The zero-order chi connectivity index (χ0) is 42.3. The number of benzene rings is 1. The average molecular weight is 785 g/mol. The normalized spacial score (nSPS) is 12.9. The summed E-state index contributed by atoms with van der Waals surface area (Å²) < 4.78 is 17.7. The van der Waals surface area contributed by atoms with Crippen LogP contribution in [0.25, 0.3) is 10.9 Å². The Balaban J connectivity index is 0.000000769. The van der Waals surface area contributed by atoms with Gasteiger partial charge in [0.25, 0.3) is 11.9 Å². The van der Waals surface area contributed by atoms with Gasteiger partial charge in [-0.1, -0.05) is 6.07 Å². The molecule has 2 unspecified atom stereocenters. The van der Waals surface area contributed by atoms with Gasteiger partial charge in [0.1, 0.15) is 18.1 Å². The van der Waals surface area contributed by atoms with Crippen molar-refractivity contribution < 1.29 is 52.9 Å². The molecular formula is C37H49FN8O10. The Morgan fingerprint density at radius 2 is 1.82 bits per heavy atom. The van der Waals surface area contributed by atoms with Crippen molar-refractivity contribution in [3.63, 3.8) is 0 Å². The number of carbonyl (C=O) groups excluding carboxylic acids is 5. The maximum Gasteiger partial charge on any atom is 0.305 e. The SMILES string of the molecule is CC(=O)O.CCNC(=O)C(CC(=O)O)NC=O.CN1CCCC1C#N.Cc1cccc(F)n1.O=CCNC(=O)c1ccnc2ccc(OCCCNC=O)cc12. The highest BCUT2D eigenvalue weighted by molar-refractivity contribution is 6.06. The highest BCUT2D eigenvalue weighted by Gasteiger charge is 2.20. The summed E-state index contributed by atoms with van der Waals surface area (Å²) in [7, 11) is 2.00. The van der Waals surface area contributed by atoms with Crippen molar-refractivity contribution in [3.05, 3.63) is 65.9 Å². The first-order valence-electron chi connectivity index (χ1n) is 17.2. The lowest BCUT2D eigenvalue weighted by Gasteiger charge is -2.12. The first-order chi connectivity index (χ1) is 26.7. The van der Waals surface area contributed by atoms with E-state index in [4.69, 9.17) is 25.0 Å². The number of amides is 4. The van der Waals surface area contributed by atoms with Crippen LogP contribution < -0.4 is 26.0 Å². The summed E-state index contributed by atoms with van der Waals surface area (Å²) in [4.78, 5) is 82.8. The van der Waals surface area contributed by atoms with Crippen LogP contribution in [0, 0.1) is 24.2 Å². The van der Waals surface area contributed by atoms with Gasteiger partial charge >= 0.3 is 5.97 Å². The number of rotatable bonds is 15. The van der Waals surface area contributed by atoms with Crippen LogP contribution in [0.5, 0.6) is 5.75 Å². The summed E-state index contributed by atoms with van der Waals surface area (Å²) in [5.74, 6) is -2.59. The van der Waals surface area contributed by atoms with E-state index in [0.29, 0.717) is 73.1 Å². The van der Waals surface area contributed by atoms with E-state index in [1.165, 1.54) is 12.5 Å². The molecule has 3 heterocycles. The van der Waals surface area contributed by atoms with E-state index in [9.17, 15) is 33.2 Å². The van der Waals surface area contributed by atoms with Crippen LogP contribution in [0.1, 0.15) is 55.6 Å². The van der Waals surface area contributed by atoms with Gasteiger partial charge < -0.3 is 41.0 Å². The number of nitriles is 1. The summed E-state index contributed by atoms with van der Waals surface area (Å²) in [5.41, 5.74) is 1.81. The number of ether oxygens (including phenoxy) is 1. The Labute approximate surface area is 323 Å². The second-order valence-electron chi connectivity index (χ2n) is 11.4. The Hall–Kier alpha value is -6.55. The number of nitrogens with one attached hydrogen (secondary N) is 4.